The number of non-ortho nitro benzene ring substituents is 1. The fourth-order valence-electron chi connectivity index (χ4n) is 8.64. The summed E-state index contributed by atoms with van der Waals surface area (Å²) in [5.41, 5.74) is 11.4. The predicted octanol–water partition coefficient (Wildman–Crippen LogP) is 0.531. The Morgan fingerprint density at radius 1 is 0.327 bits per heavy atom. The second-order valence-corrected chi connectivity index (χ2v) is 28.5. The zero-order valence-corrected chi connectivity index (χ0v) is 79.7. The van der Waals surface area contributed by atoms with Crippen molar-refractivity contribution in [1.82, 2.24) is 0 Å². The third kappa shape index (κ3) is 31.0. The van der Waals surface area contributed by atoms with E-state index >= 15 is 0 Å². The number of rotatable bonds is 16. The molecule has 0 saturated heterocycles. The van der Waals surface area contributed by atoms with Gasteiger partial charge in [-0.1, -0.05) is 57.3 Å². The van der Waals surface area contributed by atoms with Crippen molar-refractivity contribution in [3.63, 3.8) is 0 Å². The van der Waals surface area contributed by atoms with Gasteiger partial charge in [0, 0.05) is 129 Å². The molecule has 31 heteroatoms. The zero-order chi connectivity index (χ0) is 70.7. The van der Waals surface area contributed by atoms with Gasteiger partial charge in [-0.25, -0.2) is 0 Å². The number of halogens is 8. The quantitative estimate of drug-likeness (QED) is 0.0382. The molecule has 0 aromatic heterocycles. The van der Waals surface area contributed by atoms with Crippen molar-refractivity contribution < 1.29 is 202 Å². The van der Waals surface area contributed by atoms with E-state index in [4.69, 9.17) is 23.2 Å². The molecule has 494 valence electrons. The Hall–Kier alpha value is -2.34. The number of carbonyl (C=O) groups is 5. The second-order valence-electron chi connectivity index (χ2n) is 20.5. The Balaban J connectivity index is 0.000000624. The largest absolute Gasteiger partial charge is 1.00 e. The van der Waals surface area contributed by atoms with Crippen LogP contribution in [0.15, 0.2) is 193 Å². The number of hydrogen-bond acceptors (Lipinski definition) is 17. The molecule has 101 heavy (non-hydrogen) atoms. The Morgan fingerprint density at radius 2 is 0.594 bits per heavy atom. The summed E-state index contributed by atoms with van der Waals surface area (Å²) >= 11 is 26.0. The minimum atomic E-state index is -1.47. The number of aryl methyl sites for hydroxylation is 5. The predicted molar refractivity (Wildman–Crippen MR) is 414 cm³/mol. The number of hydrogen-bond donors (Lipinski definition) is 5. The molecule has 0 heterocycles. The number of carbonyl (C=O) groups excluding carboxylic acids is 5. The number of nitro benzene ring substituents is 1. The van der Waals surface area contributed by atoms with Gasteiger partial charge in [-0.2, -0.15) is 0 Å². The fraction of sp³-hybridized carbons (Fsp3) is 0.0714. The van der Waals surface area contributed by atoms with Crippen LogP contribution in [-0.4, -0.2) is 34.8 Å². The molecule has 0 amide bonds. The molecule has 18 nitrogen and oxygen atoms in total. The molecule has 0 fully saturated rings. The summed E-state index contributed by atoms with van der Waals surface area (Å²) in [7, 11) is 0. The molecule has 0 aliphatic carbocycles. The van der Waals surface area contributed by atoms with Gasteiger partial charge in [0.05, 0.1) is 34.8 Å². The summed E-state index contributed by atoms with van der Waals surface area (Å²) < 4.78 is 6.28. The molecule has 10 aromatic rings. The van der Waals surface area contributed by atoms with Gasteiger partial charge in [0.15, 0.2) is 0 Å². The summed E-state index contributed by atoms with van der Waals surface area (Å²) in [5.74, 6) is -6.34. The van der Waals surface area contributed by atoms with Crippen LogP contribution >= 0.6 is 152 Å². The number of nitro groups is 1. The molecule has 0 unspecified atom stereocenters. The molecule has 0 saturated carbocycles. The minimum absolute atomic E-state index is 0. The van der Waals surface area contributed by atoms with E-state index in [1.807, 2.05) is 126 Å². The Kier molecular flexibility index (Phi) is 45.4. The standard InChI is InChI=1S/C14H11BrINO2.2C14H11ClINO2.C14H11IN2O4.C14H12INO2.5Na/c2*1-8-6-10(16)3-5-12(8)17-13-4-2-9(15)7-11(13)14(18)19;1-8-6-10(16)3-5-12(8)17-13-7-9(15)2-4-11(13)14(18)19;1-8-6-9(15)2-4-12(8)16-13-5-3-10(17(20)21)7-11(13)14(18)19;1-9-8-10(15)6-7-12(9)16-13-5-3-2-4-11(13)14(17)18;;;;;/h3*2-7,17H,1H3,(H,18,19);2-7,16H,1H3,(H,18,19);2-8,16H,1H3,(H,17,18);;;;;/q;;;;;5*+1/p-5. The van der Waals surface area contributed by atoms with Crippen LogP contribution in [0, 0.1) is 62.6 Å². The van der Waals surface area contributed by atoms with E-state index in [0.717, 1.165) is 80.2 Å². The fourth-order valence-corrected chi connectivity index (χ4v) is 12.6. The van der Waals surface area contributed by atoms with Crippen molar-refractivity contribution in [2.75, 3.05) is 26.6 Å². The first-order valence-corrected chi connectivity index (χ1v) is 34.8. The number of carboxylic acid groups (broad SMARTS) is 5. The Labute approximate surface area is 781 Å². The van der Waals surface area contributed by atoms with E-state index in [0.29, 0.717) is 37.3 Å². The number of benzene rings is 10. The summed E-state index contributed by atoms with van der Waals surface area (Å²) in [5, 5.41) is 82.4. The molecule has 0 bridgehead atoms. The first-order chi connectivity index (χ1) is 45.4. The molecule has 0 aliphatic rings. The molecule has 10 rings (SSSR count). The third-order valence-electron chi connectivity index (χ3n) is 13.5. The number of carboxylic acids is 5. The minimum Gasteiger partial charge on any atom is -0.545 e. The summed E-state index contributed by atoms with van der Waals surface area (Å²) in [6.07, 6.45) is 0. The van der Waals surface area contributed by atoms with Gasteiger partial charge in [-0.15, -0.1) is 0 Å². The Bertz CT molecular complexity index is 4500. The first kappa shape index (κ1) is 96.7. The van der Waals surface area contributed by atoms with Gasteiger partial charge in [0.1, 0.15) is 0 Å². The van der Waals surface area contributed by atoms with Gasteiger partial charge in [-0.3, -0.25) is 10.1 Å². The molecule has 0 radical (unpaired) electrons. The van der Waals surface area contributed by atoms with Crippen molar-refractivity contribution in [2.24, 2.45) is 0 Å². The molecule has 0 spiro atoms. The summed E-state index contributed by atoms with van der Waals surface area (Å²) in [6.45, 7) is 9.75. The molecular weight excluding hydrogens is 2020 g/mol. The number of nitrogens with one attached hydrogen (secondary N) is 5. The van der Waals surface area contributed by atoms with Crippen LogP contribution in [0.2, 0.25) is 10.0 Å². The number of anilines is 10. The first-order valence-electron chi connectivity index (χ1n) is 27.9. The van der Waals surface area contributed by atoms with Crippen LogP contribution < -0.4 is 200 Å². The van der Waals surface area contributed by atoms with E-state index in [-0.39, 0.29) is 187 Å². The van der Waals surface area contributed by atoms with E-state index in [1.165, 1.54) is 42.5 Å². The maximum atomic E-state index is 11.2. The van der Waals surface area contributed by atoms with E-state index < -0.39 is 34.8 Å². The van der Waals surface area contributed by atoms with Crippen LogP contribution in [-0.2, 0) is 0 Å². The van der Waals surface area contributed by atoms with Crippen molar-refractivity contribution in [2.45, 2.75) is 34.6 Å². The maximum absolute atomic E-state index is 11.2. The van der Waals surface area contributed by atoms with Gasteiger partial charge >= 0.3 is 148 Å². The van der Waals surface area contributed by atoms with Gasteiger partial charge in [0.2, 0.25) is 0 Å². The van der Waals surface area contributed by atoms with Crippen LogP contribution in [0.3, 0.4) is 0 Å². The maximum Gasteiger partial charge on any atom is 1.00 e. The normalized spacial score (nSPS) is 9.71. The molecule has 5 N–H and O–H groups in total. The van der Waals surface area contributed by atoms with E-state index in [1.54, 1.807) is 48.5 Å². The average molecular weight is 2070 g/mol. The van der Waals surface area contributed by atoms with Crippen molar-refractivity contribution in [3.8, 4) is 0 Å². The van der Waals surface area contributed by atoms with Crippen LogP contribution in [0.5, 0.6) is 0 Å². The smallest absolute Gasteiger partial charge is 0.545 e. The van der Waals surface area contributed by atoms with Crippen LogP contribution in [0.4, 0.5) is 62.6 Å². The van der Waals surface area contributed by atoms with Gasteiger partial charge in [0.25, 0.3) is 5.69 Å². The van der Waals surface area contributed by atoms with Gasteiger partial charge < -0.3 is 76.1 Å². The third-order valence-corrected chi connectivity index (χ3v) is 17.8. The van der Waals surface area contributed by atoms with Crippen LogP contribution in [0.1, 0.15) is 79.6 Å². The van der Waals surface area contributed by atoms with Crippen molar-refractivity contribution >= 4 is 244 Å². The van der Waals surface area contributed by atoms with Gasteiger partial charge in [-0.05, 0) is 333 Å². The average Bonchev–Trinajstić information content (AvgIpc) is 0.847. The topological polar surface area (TPSA) is 304 Å². The number of aromatic carboxylic acids is 5. The number of nitrogens with zero attached hydrogens (tertiary/aromatic N) is 1. The second kappa shape index (κ2) is 47.5. The molecular formula is C70H51BrCl2I5N6Na5O12. The van der Waals surface area contributed by atoms with Crippen molar-refractivity contribution in [1.29, 1.82) is 0 Å². The van der Waals surface area contributed by atoms with Crippen molar-refractivity contribution in [3.05, 3.63) is 286 Å². The SMILES string of the molecule is Cc1cc(I)ccc1Nc1cc(Cl)ccc1C(=O)[O-].Cc1cc(I)ccc1Nc1ccc(Br)cc1C(=O)[O-].Cc1cc(I)ccc1Nc1ccc(Cl)cc1C(=O)[O-].Cc1cc(I)ccc1Nc1ccc([N+](=O)[O-])cc1C(=O)[O-].Cc1cc(I)ccc1Nc1ccccc1C(=O)[O-].[Na+].[Na+].[Na+].[Na+].[Na+]. The van der Waals surface area contributed by atoms with Crippen LogP contribution in [0.25, 0.3) is 0 Å². The summed E-state index contributed by atoms with van der Waals surface area (Å²) in [4.78, 5) is 65.5. The van der Waals surface area contributed by atoms with E-state index in [2.05, 4.69) is 155 Å². The molecule has 0 aliphatic heterocycles. The monoisotopic (exact) mass is 2070 g/mol. The zero-order valence-electron chi connectivity index (χ0n) is 55.8. The Morgan fingerprint density at radius 3 is 0.941 bits per heavy atom. The van der Waals surface area contributed by atoms with E-state index in [9.17, 15) is 59.6 Å². The molecule has 0 atom stereocenters. The summed E-state index contributed by atoms with van der Waals surface area (Å²) in [6, 6.07) is 53.7. The molecule has 10 aromatic carbocycles. The number of para-hydroxylation sites is 1.